The van der Waals surface area contributed by atoms with Crippen LogP contribution in [0.3, 0.4) is 0 Å². The summed E-state index contributed by atoms with van der Waals surface area (Å²) < 4.78 is 1.28. The van der Waals surface area contributed by atoms with Crippen molar-refractivity contribution < 1.29 is 0 Å². The molecular formula is C17H27IN4S. The number of fused-ring (bicyclic) bond motifs is 1. The van der Waals surface area contributed by atoms with Gasteiger partial charge in [-0.15, -0.1) is 35.3 Å². The SMILES string of the molecule is CCCCCNC(=NC)NCCCc1nc2ccccc2s1.I. The number of hydrogen-bond acceptors (Lipinski definition) is 3. The van der Waals surface area contributed by atoms with E-state index in [0.29, 0.717) is 0 Å². The van der Waals surface area contributed by atoms with E-state index in [1.165, 1.54) is 29.0 Å². The molecule has 0 aliphatic carbocycles. The average molecular weight is 446 g/mol. The first-order valence-corrected chi connectivity index (χ1v) is 8.94. The molecule has 4 nitrogen and oxygen atoms in total. The Morgan fingerprint density at radius 2 is 1.87 bits per heavy atom. The minimum absolute atomic E-state index is 0. The van der Waals surface area contributed by atoms with Gasteiger partial charge in [-0.25, -0.2) is 4.98 Å². The molecule has 1 heterocycles. The Kier molecular flexibility index (Phi) is 10.2. The van der Waals surface area contributed by atoms with Gasteiger partial charge in [0.15, 0.2) is 5.96 Å². The second-order valence-electron chi connectivity index (χ2n) is 5.31. The maximum atomic E-state index is 4.66. The third-order valence-corrected chi connectivity index (χ3v) is 4.59. The Morgan fingerprint density at radius 1 is 1.13 bits per heavy atom. The largest absolute Gasteiger partial charge is 0.356 e. The van der Waals surface area contributed by atoms with Crippen molar-refractivity contribution in [3.63, 3.8) is 0 Å². The van der Waals surface area contributed by atoms with Gasteiger partial charge in [-0.3, -0.25) is 4.99 Å². The van der Waals surface area contributed by atoms with Gasteiger partial charge < -0.3 is 10.6 Å². The fourth-order valence-electron chi connectivity index (χ4n) is 2.28. The van der Waals surface area contributed by atoms with Crippen LogP contribution in [0.2, 0.25) is 0 Å². The van der Waals surface area contributed by atoms with E-state index in [4.69, 9.17) is 0 Å². The first-order valence-electron chi connectivity index (χ1n) is 8.12. The van der Waals surface area contributed by atoms with Gasteiger partial charge in [0.25, 0.3) is 0 Å². The number of unbranched alkanes of at least 4 members (excludes halogenated alkanes) is 2. The minimum Gasteiger partial charge on any atom is -0.356 e. The lowest BCUT2D eigenvalue weighted by molar-refractivity contribution is 0.677. The van der Waals surface area contributed by atoms with E-state index in [2.05, 4.69) is 45.7 Å². The first-order chi connectivity index (χ1) is 10.8. The van der Waals surface area contributed by atoms with Gasteiger partial charge in [0.05, 0.1) is 15.2 Å². The highest BCUT2D eigenvalue weighted by Crippen LogP contribution is 2.22. The zero-order valence-corrected chi connectivity index (χ0v) is 17.1. The molecule has 0 saturated heterocycles. The number of hydrogen-bond donors (Lipinski definition) is 2. The zero-order valence-electron chi connectivity index (χ0n) is 14.0. The molecule has 128 valence electrons. The van der Waals surface area contributed by atoms with Crippen LogP contribution in [0, 0.1) is 0 Å². The summed E-state index contributed by atoms with van der Waals surface area (Å²) in [5, 5.41) is 7.93. The molecule has 0 radical (unpaired) electrons. The van der Waals surface area contributed by atoms with E-state index in [-0.39, 0.29) is 24.0 Å². The van der Waals surface area contributed by atoms with Gasteiger partial charge in [0.2, 0.25) is 0 Å². The maximum Gasteiger partial charge on any atom is 0.190 e. The number of nitrogens with one attached hydrogen (secondary N) is 2. The van der Waals surface area contributed by atoms with Crippen LogP contribution in [0.25, 0.3) is 10.2 Å². The summed E-state index contributed by atoms with van der Waals surface area (Å²) in [6.45, 7) is 4.13. The molecule has 23 heavy (non-hydrogen) atoms. The van der Waals surface area contributed by atoms with E-state index in [9.17, 15) is 0 Å². The summed E-state index contributed by atoms with van der Waals surface area (Å²) in [5.74, 6) is 0.903. The van der Waals surface area contributed by atoms with Crippen molar-refractivity contribution in [3.05, 3.63) is 29.3 Å². The summed E-state index contributed by atoms with van der Waals surface area (Å²) in [4.78, 5) is 8.91. The van der Waals surface area contributed by atoms with Crippen LogP contribution in [0.1, 0.15) is 37.6 Å². The second kappa shape index (κ2) is 11.6. The molecule has 0 aliphatic rings. The first kappa shape index (κ1) is 20.2. The van der Waals surface area contributed by atoms with Crippen molar-refractivity contribution in [1.82, 2.24) is 15.6 Å². The van der Waals surface area contributed by atoms with Crippen molar-refractivity contribution in [2.75, 3.05) is 20.1 Å². The molecule has 0 unspecified atom stereocenters. The smallest absolute Gasteiger partial charge is 0.190 e. The third kappa shape index (κ3) is 7.03. The van der Waals surface area contributed by atoms with Crippen LogP contribution in [0.15, 0.2) is 29.3 Å². The Labute approximate surface area is 160 Å². The number of nitrogens with zero attached hydrogens (tertiary/aromatic N) is 2. The van der Waals surface area contributed by atoms with Gasteiger partial charge in [-0.1, -0.05) is 31.9 Å². The van der Waals surface area contributed by atoms with Crippen molar-refractivity contribution >= 4 is 51.5 Å². The highest BCUT2D eigenvalue weighted by atomic mass is 127. The third-order valence-electron chi connectivity index (χ3n) is 3.49. The summed E-state index contributed by atoms with van der Waals surface area (Å²) in [7, 11) is 1.82. The molecule has 6 heteroatoms. The normalized spacial score (nSPS) is 11.3. The lowest BCUT2D eigenvalue weighted by atomic mass is 10.2. The molecule has 0 amide bonds. The van der Waals surface area contributed by atoms with Gasteiger partial charge >= 0.3 is 0 Å². The van der Waals surface area contributed by atoms with E-state index < -0.39 is 0 Å². The van der Waals surface area contributed by atoms with E-state index in [1.54, 1.807) is 11.3 Å². The Bertz CT molecular complexity index is 564. The number of thiazole rings is 1. The van der Waals surface area contributed by atoms with Crippen molar-refractivity contribution in [1.29, 1.82) is 0 Å². The fourth-order valence-corrected chi connectivity index (χ4v) is 3.28. The van der Waals surface area contributed by atoms with Crippen LogP contribution < -0.4 is 10.6 Å². The number of aryl methyl sites for hydroxylation is 1. The molecule has 1 aromatic heterocycles. The molecule has 1 aromatic carbocycles. The monoisotopic (exact) mass is 446 g/mol. The van der Waals surface area contributed by atoms with Crippen molar-refractivity contribution in [3.8, 4) is 0 Å². The van der Waals surface area contributed by atoms with Crippen molar-refractivity contribution in [2.24, 2.45) is 4.99 Å². The number of aromatic nitrogens is 1. The fraction of sp³-hybridized carbons (Fsp3) is 0.529. The lowest BCUT2D eigenvalue weighted by Gasteiger charge is -2.11. The molecular weight excluding hydrogens is 419 g/mol. The lowest BCUT2D eigenvalue weighted by Crippen LogP contribution is -2.38. The van der Waals surface area contributed by atoms with Crippen LogP contribution in [-0.2, 0) is 6.42 Å². The highest BCUT2D eigenvalue weighted by Gasteiger charge is 2.03. The summed E-state index contributed by atoms with van der Waals surface area (Å²) in [5.41, 5.74) is 1.11. The minimum atomic E-state index is 0. The molecule has 0 spiro atoms. The second-order valence-corrected chi connectivity index (χ2v) is 6.43. The number of para-hydroxylation sites is 1. The quantitative estimate of drug-likeness (QED) is 0.277. The van der Waals surface area contributed by atoms with Crippen LogP contribution in [0.4, 0.5) is 0 Å². The van der Waals surface area contributed by atoms with Gasteiger partial charge in [0.1, 0.15) is 0 Å². The molecule has 2 N–H and O–H groups in total. The number of guanidine groups is 1. The highest BCUT2D eigenvalue weighted by molar-refractivity contribution is 14.0. The topological polar surface area (TPSA) is 49.3 Å². The Balaban J connectivity index is 0.00000264. The Morgan fingerprint density at radius 3 is 2.57 bits per heavy atom. The van der Waals surface area contributed by atoms with Gasteiger partial charge in [-0.2, -0.15) is 0 Å². The molecule has 0 saturated carbocycles. The van der Waals surface area contributed by atoms with Crippen LogP contribution in [-0.4, -0.2) is 31.1 Å². The maximum absolute atomic E-state index is 4.66. The molecule has 2 aromatic rings. The standard InChI is InChI=1S/C17H26N4S.HI/c1-3-4-7-12-19-17(18-2)20-13-8-11-16-21-14-9-5-6-10-15(14)22-16;/h5-6,9-10H,3-4,7-8,11-13H2,1-2H3,(H2,18,19,20);1H. The molecule has 0 atom stereocenters. The molecule has 2 rings (SSSR count). The zero-order chi connectivity index (χ0) is 15.6. The number of halogens is 1. The van der Waals surface area contributed by atoms with Crippen LogP contribution >= 0.6 is 35.3 Å². The molecule has 0 aliphatic heterocycles. The van der Waals surface area contributed by atoms with E-state index >= 15 is 0 Å². The molecule has 0 fully saturated rings. The van der Waals surface area contributed by atoms with Gasteiger partial charge in [-0.05, 0) is 25.0 Å². The number of benzene rings is 1. The Hall–Kier alpha value is -0.890. The van der Waals surface area contributed by atoms with E-state index in [0.717, 1.165) is 37.4 Å². The molecule has 0 bridgehead atoms. The summed E-state index contributed by atoms with van der Waals surface area (Å²) >= 11 is 1.80. The average Bonchev–Trinajstić information content (AvgIpc) is 2.96. The predicted molar refractivity (Wildman–Crippen MR) is 112 cm³/mol. The van der Waals surface area contributed by atoms with Crippen molar-refractivity contribution in [2.45, 2.75) is 39.0 Å². The van der Waals surface area contributed by atoms with E-state index in [1.807, 2.05) is 13.1 Å². The predicted octanol–water partition coefficient (Wildman–Crippen LogP) is 4.20. The van der Waals surface area contributed by atoms with Crippen LogP contribution in [0.5, 0.6) is 0 Å². The van der Waals surface area contributed by atoms with Gasteiger partial charge in [0, 0.05) is 26.6 Å². The summed E-state index contributed by atoms with van der Waals surface area (Å²) in [6, 6.07) is 8.33. The number of rotatable bonds is 8. The summed E-state index contributed by atoms with van der Waals surface area (Å²) in [6.07, 6.45) is 5.79. The number of aliphatic imine (C=N–C) groups is 1.